The van der Waals surface area contributed by atoms with Crippen LogP contribution < -0.4 is 10.6 Å². The van der Waals surface area contributed by atoms with E-state index < -0.39 is 17.7 Å². The lowest BCUT2D eigenvalue weighted by Gasteiger charge is -2.32. The number of amides is 2. The lowest BCUT2D eigenvalue weighted by molar-refractivity contribution is 0.195. The van der Waals surface area contributed by atoms with Gasteiger partial charge in [-0.2, -0.15) is 0 Å². The molecule has 2 aliphatic rings. The Bertz CT molecular complexity index is 1230. The molecule has 2 amide bonds. The van der Waals surface area contributed by atoms with Crippen molar-refractivity contribution in [2.75, 3.05) is 18.4 Å². The highest BCUT2D eigenvalue weighted by molar-refractivity contribution is 5.94. The molecular formula is C24H29F2N7O2. The highest BCUT2D eigenvalue weighted by Crippen LogP contribution is 2.34. The molecule has 3 atom stereocenters. The molecule has 9 nitrogen and oxygen atoms in total. The second-order valence-electron chi connectivity index (χ2n) is 9.38. The van der Waals surface area contributed by atoms with Crippen LogP contribution in [-0.4, -0.2) is 61.1 Å². The van der Waals surface area contributed by atoms with Crippen LogP contribution in [0.4, 0.5) is 19.4 Å². The number of pyridine rings is 1. The number of aliphatic hydroxyl groups is 1. The zero-order chi connectivity index (χ0) is 24.5. The van der Waals surface area contributed by atoms with Gasteiger partial charge < -0.3 is 25.6 Å². The number of nitrogens with zero attached hydrogens (tertiary/aromatic N) is 4. The van der Waals surface area contributed by atoms with Gasteiger partial charge in [0.15, 0.2) is 17.5 Å². The topological polar surface area (TPSA) is 119 Å². The van der Waals surface area contributed by atoms with Crippen LogP contribution in [0.5, 0.6) is 0 Å². The first kappa shape index (κ1) is 23.4. The van der Waals surface area contributed by atoms with Crippen LogP contribution in [-0.2, 0) is 0 Å². The molecule has 0 spiro atoms. The van der Waals surface area contributed by atoms with Gasteiger partial charge in [0.05, 0.1) is 29.8 Å². The fourth-order valence-electron chi connectivity index (χ4n) is 5.04. The third kappa shape index (κ3) is 4.90. The average molecular weight is 486 g/mol. The highest BCUT2D eigenvalue weighted by atomic mass is 19.1. The van der Waals surface area contributed by atoms with Crippen LogP contribution in [0, 0.1) is 11.6 Å². The first-order valence-electron chi connectivity index (χ1n) is 12.1. The molecule has 1 unspecified atom stereocenters. The van der Waals surface area contributed by atoms with Crippen LogP contribution >= 0.6 is 0 Å². The van der Waals surface area contributed by atoms with Gasteiger partial charge in [-0.15, -0.1) is 0 Å². The van der Waals surface area contributed by atoms with Gasteiger partial charge in [-0.1, -0.05) is 0 Å². The number of hydrogen-bond donors (Lipinski definition) is 4. The normalized spacial score (nSPS) is 21.3. The van der Waals surface area contributed by atoms with E-state index in [0.29, 0.717) is 28.7 Å². The molecule has 5 rings (SSSR count). The molecule has 1 aliphatic carbocycles. The van der Waals surface area contributed by atoms with Gasteiger partial charge in [0.25, 0.3) is 0 Å². The van der Waals surface area contributed by atoms with Crippen molar-refractivity contribution in [3.05, 3.63) is 35.8 Å². The van der Waals surface area contributed by atoms with Gasteiger partial charge in [0.1, 0.15) is 11.5 Å². The third-order valence-electron chi connectivity index (χ3n) is 6.77. The largest absolute Gasteiger partial charge is 0.387 e. The smallest absolute Gasteiger partial charge is 0.317 e. The maximum atomic E-state index is 14.7. The van der Waals surface area contributed by atoms with E-state index in [1.165, 1.54) is 6.07 Å². The molecule has 11 heteroatoms. The number of H-pyrrole nitrogens is 1. The Labute approximate surface area is 201 Å². The Kier molecular flexibility index (Phi) is 6.50. The zero-order valence-electron chi connectivity index (χ0n) is 19.5. The quantitative estimate of drug-likeness (QED) is 0.436. The van der Waals surface area contributed by atoms with Crippen molar-refractivity contribution in [1.82, 2.24) is 30.2 Å². The maximum absolute atomic E-state index is 14.7. The van der Waals surface area contributed by atoms with E-state index in [4.69, 9.17) is 0 Å². The van der Waals surface area contributed by atoms with E-state index in [1.807, 2.05) is 4.90 Å². The van der Waals surface area contributed by atoms with E-state index >= 15 is 0 Å². The Balaban J connectivity index is 1.37. The van der Waals surface area contributed by atoms with Crippen molar-refractivity contribution >= 4 is 22.9 Å². The predicted molar refractivity (Wildman–Crippen MR) is 127 cm³/mol. The summed E-state index contributed by atoms with van der Waals surface area (Å²) in [7, 11) is 0. The molecular weight excluding hydrogens is 456 g/mol. The highest BCUT2D eigenvalue weighted by Gasteiger charge is 2.27. The fraction of sp³-hybridized carbons (Fsp3) is 0.500. The number of rotatable bonds is 5. The van der Waals surface area contributed by atoms with E-state index in [1.54, 1.807) is 6.92 Å². The van der Waals surface area contributed by atoms with Gasteiger partial charge in [-0.3, -0.25) is 0 Å². The minimum atomic E-state index is -0.925. The van der Waals surface area contributed by atoms with Gasteiger partial charge in [0.2, 0.25) is 0 Å². The number of aromatic amines is 1. The number of hydrogen-bond acceptors (Lipinski definition) is 6. The summed E-state index contributed by atoms with van der Waals surface area (Å²) in [6, 6.07) is 1.18. The molecule has 4 heterocycles. The van der Waals surface area contributed by atoms with E-state index in [0.717, 1.165) is 57.6 Å². The van der Waals surface area contributed by atoms with Gasteiger partial charge in [-0.05, 0) is 51.5 Å². The lowest BCUT2D eigenvalue weighted by Crippen LogP contribution is -2.47. The fourth-order valence-corrected chi connectivity index (χ4v) is 5.04. The minimum absolute atomic E-state index is 0.00299. The van der Waals surface area contributed by atoms with Crippen LogP contribution in [0.25, 0.3) is 22.4 Å². The van der Waals surface area contributed by atoms with Crippen molar-refractivity contribution in [2.24, 2.45) is 0 Å². The molecule has 186 valence electrons. The number of likely N-dealkylation sites (tertiary alicyclic amines) is 1. The van der Waals surface area contributed by atoms with E-state index in [-0.39, 0.29) is 29.8 Å². The zero-order valence-corrected chi connectivity index (χ0v) is 19.5. The van der Waals surface area contributed by atoms with Gasteiger partial charge in [0, 0.05) is 30.6 Å². The van der Waals surface area contributed by atoms with Crippen LogP contribution in [0.3, 0.4) is 0 Å². The van der Waals surface area contributed by atoms with Crippen molar-refractivity contribution in [1.29, 1.82) is 0 Å². The number of aliphatic hydroxyl groups excluding tert-OH is 1. The van der Waals surface area contributed by atoms with Crippen molar-refractivity contribution in [3.63, 3.8) is 0 Å². The van der Waals surface area contributed by atoms with Gasteiger partial charge >= 0.3 is 6.03 Å². The maximum Gasteiger partial charge on any atom is 0.317 e. The molecule has 35 heavy (non-hydrogen) atoms. The second kappa shape index (κ2) is 9.73. The van der Waals surface area contributed by atoms with Crippen LogP contribution in [0.15, 0.2) is 18.5 Å². The molecule has 3 aromatic heterocycles. The molecule has 4 N–H and O–H groups in total. The monoisotopic (exact) mass is 485 g/mol. The van der Waals surface area contributed by atoms with Crippen LogP contribution in [0.2, 0.25) is 0 Å². The molecule has 0 radical (unpaired) electrons. The molecule has 3 aromatic rings. The van der Waals surface area contributed by atoms with Crippen LogP contribution in [0.1, 0.15) is 57.2 Å². The second-order valence-corrected chi connectivity index (χ2v) is 9.38. The summed E-state index contributed by atoms with van der Waals surface area (Å²) in [5, 5.41) is 17.0. The summed E-state index contributed by atoms with van der Waals surface area (Å²) in [4.78, 5) is 29.9. The van der Waals surface area contributed by atoms with Crippen molar-refractivity contribution in [3.8, 4) is 11.4 Å². The third-order valence-corrected chi connectivity index (χ3v) is 6.77. The standard InChI is InChI=1S/C24H29F2N7O2/c1-13(34)20-19(17-9-14(25)11-27-21(17)31-20)23-28-12-18(26)22(32-23)29-15-5-4-6-16(10-15)30-24(35)33-7-2-3-8-33/h9,11-13,15-16,34H,2-8,10H2,1H3,(H,27,31)(H,30,35)(H,28,29,32)/t13?,15-,16+/m0/s1. The summed E-state index contributed by atoms with van der Waals surface area (Å²) in [5.74, 6) is -0.973. The average Bonchev–Trinajstić information content (AvgIpc) is 3.49. The Morgan fingerprint density at radius 2 is 1.94 bits per heavy atom. The molecule has 1 saturated heterocycles. The first-order valence-corrected chi connectivity index (χ1v) is 12.1. The number of aromatic nitrogens is 4. The molecule has 2 fully saturated rings. The first-order chi connectivity index (χ1) is 16.9. The molecule has 1 aliphatic heterocycles. The summed E-state index contributed by atoms with van der Waals surface area (Å²) in [6.07, 6.45) is 6.52. The minimum Gasteiger partial charge on any atom is -0.387 e. The molecule has 1 saturated carbocycles. The number of nitrogens with one attached hydrogen (secondary N) is 3. The number of carbonyl (C=O) groups is 1. The Morgan fingerprint density at radius 1 is 1.17 bits per heavy atom. The molecule has 0 bridgehead atoms. The Hall–Kier alpha value is -3.34. The van der Waals surface area contributed by atoms with Gasteiger partial charge in [-0.25, -0.2) is 28.5 Å². The van der Waals surface area contributed by atoms with Crippen molar-refractivity contribution < 1.29 is 18.7 Å². The SMILES string of the molecule is CC(O)c1[nH]c2ncc(F)cc2c1-c1ncc(F)c(N[C@H]2CCC[C@@H](NC(=O)N3CCCC3)C2)n1. The number of halogens is 2. The number of fused-ring (bicyclic) bond motifs is 1. The number of urea groups is 1. The number of carbonyl (C=O) groups excluding carboxylic acids is 1. The summed E-state index contributed by atoms with van der Waals surface area (Å²) < 4.78 is 28.7. The van der Waals surface area contributed by atoms with Crippen molar-refractivity contribution in [2.45, 2.75) is 63.6 Å². The lowest BCUT2D eigenvalue weighted by atomic mass is 9.91. The summed E-state index contributed by atoms with van der Waals surface area (Å²) >= 11 is 0. The summed E-state index contributed by atoms with van der Waals surface area (Å²) in [5.41, 5.74) is 1.13. The predicted octanol–water partition coefficient (Wildman–Crippen LogP) is 3.88. The summed E-state index contributed by atoms with van der Waals surface area (Å²) in [6.45, 7) is 3.14. The van der Waals surface area contributed by atoms with E-state index in [2.05, 4.69) is 30.6 Å². The van der Waals surface area contributed by atoms with E-state index in [9.17, 15) is 18.7 Å². The molecule has 0 aromatic carbocycles. The number of anilines is 1. The Morgan fingerprint density at radius 3 is 2.71 bits per heavy atom.